The molecule has 142 valence electrons. The molecule has 0 bridgehead atoms. The molecule has 0 unspecified atom stereocenters. The Bertz CT molecular complexity index is 902. The van der Waals surface area contributed by atoms with Gasteiger partial charge in [-0.1, -0.05) is 23.2 Å². The van der Waals surface area contributed by atoms with E-state index < -0.39 is 10.0 Å². The third-order valence-corrected chi connectivity index (χ3v) is 7.94. The predicted molar refractivity (Wildman–Crippen MR) is 102 cm³/mol. The molecule has 1 fully saturated rings. The van der Waals surface area contributed by atoms with Gasteiger partial charge in [0, 0.05) is 31.7 Å². The molecule has 3 heterocycles. The van der Waals surface area contributed by atoms with Gasteiger partial charge in [-0.15, -0.1) is 11.3 Å². The lowest BCUT2D eigenvalue weighted by molar-refractivity contribution is -0.120. The monoisotopic (exact) mass is 436 g/mol. The number of sulfonamides is 1. The predicted octanol–water partition coefficient (Wildman–Crippen LogP) is 3.31. The Hall–Kier alpha value is -1.13. The van der Waals surface area contributed by atoms with Gasteiger partial charge in [0.25, 0.3) is 0 Å². The van der Waals surface area contributed by atoms with Crippen LogP contribution < -0.4 is 5.32 Å². The number of carbonyl (C=O) groups is 1. The first-order chi connectivity index (χ1) is 12.3. The molecular weight excluding hydrogens is 419 g/mol. The minimum Gasteiger partial charge on any atom is -0.323 e. The first-order valence-electron chi connectivity index (χ1n) is 8.09. The minimum atomic E-state index is -3.70. The first kappa shape index (κ1) is 19.6. The van der Waals surface area contributed by atoms with Crippen LogP contribution >= 0.6 is 34.5 Å². The average Bonchev–Trinajstić information content (AvgIpc) is 3.20. The summed E-state index contributed by atoms with van der Waals surface area (Å²) in [5.74, 6) is -0.359. The van der Waals surface area contributed by atoms with Crippen molar-refractivity contribution in [3.63, 3.8) is 0 Å². The number of carbonyl (C=O) groups excluding carboxylic acids is 1. The van der Waals surface area contributed by atoms with E-state index in [9.17, 15) is 13.2 Å². The van der Waals surface area contributed by atoms with Crippen LogP contribution in [0.4, 0.5) is 5.69 Å². The normalized spacial score (nSPS) is 16.7. The molecule has 0 atom stereocenters. The van der Waals surface area contributed by atoms with E-state index in [-0.39, 0.29) is 34.1 Å². The molecule has 1 N–H and O–H groups in total. The van der Waals surface area contributed by atoms with Crippen LogP contribution in [-0.4, -0.2) is 41.5 Å². The smallest absolute Gasteiger partial charge is 0.245 e. The molecule has 0 radical (unpaired) electrons. The fourth-order valence-electron chi connectivity index (χ4n) is 2.84. The molecule has 2 aromatic rings. The highest BCUT2D eigenvalue weighted by Crippen LogP contribution is 2.36. The molecule has 0 saturated carbocycles. The van der Waals surface area contributed by atoms with Crippen LogP contribution in [0, 0.1) is 5.92 Å². The Labute approximate surface area is 165 Å². The molecule has 0 aromatic carbocycles. The van der Waals surface area contributed by atoms with Crippen molar-refractivity contribution in [2.24, 2.45) is 5.92 Å². The standard InChI is InChI=1S/C15H18Cl2N4O3S2/c1-2-20-9-11(8-18-20)19-15(22)10-3-5-21(6-4-10)26(23,24)12-7-13(16)25-14(12)17/h7-10H,2-6H2,1H3,(H,19,22). The topological polar surface area (TPSA) is 84.3 Å². The van der Waals surface area contributed by atoms with E-state index in [1.807, 2.05) is 6.92 Å². The molecule has 1 aliphatic heterocycles. The van der Waals surface area contributed by atoms with Crippen molar-refractivity contribution in [1.29, 1.82) is 0 Å². The largest absolute Gasteiger partial charge is 0.323 e. The Morgan fingerprint density at radius 2 is 2.08 bits per heavy atom. The number of aromatic nitrogens is 2. The third-order valence-electron chi connectivity index (χ3n) is 4.29. The van der Waals surface area contributed by atoms with E-state index in [0.29, 0.717) is 22.9 Å². The van der Waals surface area contributed by atoms with Crippen LogP contribution in [0.15, 0.2) is 23.4 Å². The van der Waals surface area contributed by atoms with Gasteiger partial charge in [-0.2, -0.15) is 9.40 Å². The lowest BCUT2D eigenvalue weighted by Gasteiger charge is -2.30. The summed E-state index contributed by atoms with van der Waals surface area (Å²) in [4.78, 5) is 12.4. The van der Waals surface area contributed by atoms with Crippen LogP contribution in [0.1, 0.15) is 19.8 Å². The van der Waals surface area contributed by atoms with E-state index in [0.717, 1.165) is 17.9 Å². The minimum absolute atomic E-state index is 0.0315. The molecular formula is C15H18Cl2N4O3S2. The van der Waals surface area contributed by atoms with Gasteiger partial charge in [-0.05, 0) is 25.8 Å². The lowest BCUT2D eigenvalue weighted by Crippen LogP contribution is -2.41. The van der Waals surface area contributed by atoms with E-state index in [4.69, 9.17) is 23.2 Å². The summed E-state index contributed by atoms with van der Waals surface area (Å²) in [6, 6.07) is 1.37. The number of nitrogens with one attached hydrogen (secondary N) is 1. The van der Waals surface area contributed by atoms with Crippen LogP contribution in [0.5, 0.6) is 0 Å². The maximum absolute atomic E-state index is 12.7. The van der Waals surface area contributed by atoms with Gasteiger partial charge in [0.1, 0.15) is 9.23 Å². The quantitative estimate of drug-likeness (QED) is 0.778. The summed E-state index contributed by atoms with van der Waals surface area (Å²) in [5.41, 5.74) is 0.645. The van der Waals surface area contributed by atoms with Gasteiger partial charge in [-0.25, -0.2) is 8.42 Å². The van der Waals surface area contributed by atoms with Crippen molar-refractivity contribution >= 4 is 56.2 Å². The zero-order chi connectivity index (χ0) is 18.9. The zero-order valence-electron chi connectivity index (χ0n) is 14.0. The van der Waals surface area contributed by atoms with Crippen LogP contribution in [-0.2, 0) is 21.4 Å². The summed E-state index contributed by atoms with van der Waals surface area (Å²) < 4.78 is 29.0. The van der Waals surface area contributed by atoms with E-state index >= 15 is 0 Å². The first-order valence-corrected chi connectivity index (χ1v) is 11.1. The van der Waals surface area contributed by atoms with Gasteiger partial charge in [0.15, 0.2) is 0 Å². The number of anilines is 1. The number of piperidine rings is 1. The van der Waals surface area contributed by atoms with Crippen molar-refractivity contribution < 1.29 is 13.2 Å². The van der Waals surface area contributed by atoms with Crippen molar-refractivity contribution in [1.82, 2.24) is 14.1 Å². The number of aryl methyl sites for hydroxylation is 1. The maximum atomic E-state index is 12.7. The Morgan fingerprint density at radius 3 is 2.62 bits per heavy atom. The summed E-state index contributed by atoms with van der Waals surface area (Å²) in [7, 11) is -3.70. The fraction of sp³-hybridized carbons (Fsp3) is 0.467. The number of halogens is 2. The summed E-state index contributed by atoms with van der Waals surface area (Å²) in [5, 5.41) is 6.95. The molecule has 0 aliphatic carbocycles. The summed E-state index contributed by atoms with van der Waals surface area (Å²) in [6.45, 7) is 3.21. The third kappa shape index (κ3) is 4.07. The second-order valence-corrected chi connectivity index (χ2v) is 10.1. The van der Waals surface area contributed by atoms with Crippen molar-refractivity contribution in [3.8, 4) is 0 Å². The molecule has 1 amide bonds. The lowest BCUT2D eigenvalue weighted by atomic mass is 9.97. The Morgan fingerprint density at radius 1 is 1.38 bits per heavy atom. The number of nitrogens with zero attached hydrogens (tertiary/aromatic N) is 3. The molecule has 3 rings (SSSR count). The number of amides is 1. The van der Waals surface area contributed by atoms with Gasteiger partial charge in [-0.3, -0.25) is 9.48 Å². The molecule has 26 heavy (non-hydrogen) atoms. The molecule has 2 aromatic heterocycles. The van der Waals surface area contributed by atoms with Crippen LogP contribution in [0.3, 0.4) is 0 Å². The average molecular weight is 437 g/mol. The number of hydrogen-bond donors (Lipinski definition) is 1. The highest BCUT2D eigenvalue weighted by atomic mass is 35.5. The molecule has 7 nitrogen and oxygen atoms in total. The maximum Gasteiger partial charge on any atom is 0.245 e. The summed E-state index contributed by atoms with van der Waals surface area (Å²) in [6.07, 6.45) is 4.26. The van der Waals surface area contributed by atoms with E-state index in [1.165, 1.54) is 10.4 Å². The number of hydrogen-bond acceptors (Lipinski definition) is 5. The van der Waals surface area contributed by atoms with E-state index in [1.54, 1.807) is 17.1 Å². The zero-order valence-corrected chi connectivity index (χ0v) is 17.1. The van der Waals surface area contributed by atoms with Crippen LogP contribution in [0.25, 0.3) is 0 Å². The van der Waals surface area contributed by atoms with E-state index in [2.05, 4.69) is 10.4 Å². The Balaban J connectivity index is 1.61. The van der Waals surface area contributed by atoms with Gasteiger partial charge >= 0.3 is 0 Å². The number of rotatable bonds is 5. The van der Waals surface area contributed by atoms with Gasteiger partial charge in [0.2, 0.25) is 15.9 Å². The van der Waals surface area contributed by atoms with Crippen molar-refractivity contribution in [2.45, 2.75) is 31.2 Å². The highest BCUT2D eigenvalue weighted by molar-refractivity contribution is 7.89. The van der Waals surface area contributed by atoms with Crippen molar-refractivity contribution in [2.75, 3.05) is 18.4 Å². The molecule has 11 heteroatoms. The number of thiophene rings is 1. The fourth-order valence-corrected chi connectivity index (χ4v) is 6.43. The van der Waals surface area contributed by atoms with Gasteiger partial charge < -0.3 is 5.32 Å². The van der Waals surface area contributed by atoms with Gasteiger partial charge in [0.05, 0.1) is 16.2 Å². The Kier molecular flexibility index (Phi) is 5.93. The highest BCUT2D eigenvalue weighted by Gasteiger charge is 2.34. The molecule has 1 saturated heterocycles. The van der Waals surface area contributed by atoms with Crippen LogP contribution in [0.2, 0.25) is 8.67 Å². The SMILES string of the molecule is CCn1cc(NC(=O)C2CCN(S(=O)(=O)c3cc(Cl)sc3Cl)CC2)cn1. The molecule has 0 spiro atoms. The second kappa shape index (κ2) is 7.85. The molecule has 1 aliphatic rings. The second-order valence-electron chi connectivity index (χ2n) is 5.94. The van der Waals surface area contributed by atoms with Crippen molar-refractivity contribution in [3.05, 3.63) is 27.1 Å². The summed E-state index contributed by atoms with van der Waals surface area (Å²) >= 11 is 12.9.